The number of phenols is 1. The Morgan fingerprint density at radius 2 is 1.90 bits per heavy atom. The van der Waals surface area contributed by atoms with E-state index < -0.39 is 14.9 Å². The topological polar surface area (TPSA) is 110 Å². The Morgan fingerprint density at radius 1 is 1.19 bits per heavy atom. The summed E-state index contributed by atoms with van der Waals surface area (Å²) in [6.45, 7) is 1.63. The van der Waals surface area contributed by atoms with Gasteiger partial charge in [-0.15, -0.1) is 0 Å². The molecular weight excluding hydrogens is 296 g/mol. The van der Waals surface area contributed by atoms with Crippen LogP contribution in [0.25, 0.3) is 0 Å². The van der Waals surface area contributed by atoms with E-state index in [2.05, 4.69) is 4.72 Å². The van der Waals surface area contributed by atoms with Crippen molar-refractivity contribution in [1.29, 1.82) is 0 Å². The molecule has 0 unspecified atom stereocenters. The molecule has 0 spiro atoms. The summed E-state index contributed by atoms with van der Waals surface area (Å²) in [7, 11) is -3.94. The first-order chi connectivity index (χ1) is 9.79. The van der Waals surface area contributed by atoms with Crippen LogP contribution in [0.5, 0.6) is 5.75 Å². The second kappa shape index (κ2) is 5.41. The fourth-order valence-electron chi connectivity index (χ4n) is 1.73. The van der Waals surface area contributed by atoms with Gasteiger partial charge in [0.2, 0.25) is 0 Å². The Balaban J connectivity index is 2.38. The average molecular weight is 308 g/mol. The number of nitro groups is 1. The number of nitrogens with zero attached hydrogens (tertiary/aromatic N) is 1. The standard InChI is InChI=1S/C13H12N2O5S/c1-9-7-11(16)5-6-13(9)14-21(19,20)12-4-2-3-10(8-12)15(17)18/h2-8,14,16H,1H3. The maximum Gasteiger partial charge on any atom is 0.270 e. The Kier molecular flexibility index (Phi) is 3.81. The molecule has 0 atom stereocenters. The van der Waals surface area contributed by atoms with Gasteiger partial charge < -0.3 is 5.11 Å². The van der Waals surface area contributed by atoms with Crippen molar-refractivity contribution >= 4 is 21.4 Å². The van der Waals surface area contributed by atoms with Gasteiger partial charge in [-0.1, -0.05) is 6.07 Å². The van der Waals surface area contributed by atoms with E-state index in [4.69, 9.17) is 0 Å². The molecule has 8 heteroatoms. The first-order valence-corrected chi connectivity index (χ1v) is 7.35. The van der Waals surface area contributed by atoms with Gasteiger partial charge in [0.25, 0.3) is 15.7 Å². The number of rotatable bonds is 4. The number of hydrogen-bond acceptors (Lipinski definition) is 5. The lowest BCUT2D eigenvalue weighted by molar-refractivity contribution is -0.385. The van der Waals surface area contributed by atoms with Crippen LogP contribution in [0, 0.1) is 17.0 Å². The highest BCUT2D eigenvalue weighted by atomic mass is 32.2. The van der Waals surface area contributed by atoms with Gasteiger partial charge in [0.05, 0.1) is 15.5 Å². The third-order valence-corrected chi connectivity index (χ3v) is 4.16. The van der Waals surface area contributed by atoms with Crippen LogP contribution < -0.4 is 4.72 Å². The molecule has 0 fully saturated rings. The second-order valence-corrected chi connectivity index (χ2v) is 6.04. The van der Waals surface area contributed by atoms with Crippen LogP contribution in [0.2, 0.25) is 0 Å². The predicted molar refractivity (Wildman–Crippen MR) is 76.7 cm³/mol. The van der Waals surface area contributed by atoms with E-state index in [1.165, 1.54) is 36.4 Å². The van der Waals surface area contributed by atoms with Gasteiger partial charge in [0.1, 0.15) is 5.75 Å². The van der Waals surface area contributed by atoms with Gasteiger partial charge in [0, 0.05) is 12.1 Å². The van der Waals surface area contributed by atoms with Crippen LogP contribution >= 0.6 is 0 Å². The van der Waals surface area contributed by atoms with Crippen molar-refractivity contribution in [3.8, 4) is 5.75 Å². The molecule has 0 saturated carbocycles. The molecule has 0 heterocycles. The SMILES string of the molecule is Cc1cc(O)ccc1NS(=O)(=O)c1cccc([N+](=O)[O-])c1. The Bertz CT molecular complexity index is 802. The number of benzene rings is 2. The quantitative estimate of drug-likeness (QED) is 0.512. The highest BCUT2D eigenvalue weighted by molar-refractivity contribution is 7.92. The maximum atomic E-state index is 12.2. The number of non-ortho nitro benzene ring substituents is 1. The molecule has 0 bridgehead atoms. The van der Waals surface area contributed by atoms with Crippen molar-refractivity contribution in [3.05, 3.63) is 58.1 Å². The highest BCUT2D eigenvalue weighted by Crippen LogP contribution is 2.24. The van der Waals surface area contributed by atoms with Crippen LogP contribution in [0.15, 0.2) is 47.4 Å². The molecule has 21 heavy (non-hydrogen) atoms. The molecule has 0 aromatic heterocycles. The monoisotopic (exact) mass is 308 g/mol. The Hall–Kier alpha value is -2.61. The first-order valence-electron chi connectivity index (χ1n) is 5.86. The van der Waals surface area contributed by atoms with Crippen LogP contribution in [0.4, 0.5) is 11.4 Å². The normalized spacial score (nSPS) is 11.1. The minimum absolute atomic E-state index is 0.0193. The number of nitro benzene ring substituents is 1. The van der Waals surface area contributed by atoms with Gasteiger partial charge >= 0.3 is 0 Å². The third-order valence-electron chi connectivity index (χ3n) is 2.79. The molecule has 0 radical (unpaired) electrons. The summed E-state index contributed by atoms with van der Waals surface area (Å²) in [4.78, 5) is 9.83. The van der Waals surface area contributed by atoms with Gasteiger partial charge in [-0.3, -0.25) is 14.8 Å². The zero-order valence-electron chi connectivity index (χ0n) is 11.0. The van der Waals surface area contributed by atoms with E-state index in [1.807, 2.05) is 0 Å². The lowest BCUT2D eigenvalue weighted by Gasteiger charge is -2.10. The number of aromatic hydroxyl groups is 1. The number of anilines is 1. The number of hydrogen-bond donors (Lipinski definition) is 2. The van der Waals surface area contributed by atoms with Gasteiger partial charge in [-0.05, 0) is 36.8 Å². The molecule has 110 valence electrons. The van der Waals surface area contributed by atoms with Gasteiger partial charge in [-0.25, -0.2) is 8.42 Å². The predicted octanol–water partition coefficient (Wildman–Crippen LogP) is 2.41. The fourth-order valence-corrected chi connectivity index (χ4v) is 2.90. The number of sulfonamides is 1. The molecule has 2 N–H and O–H groups in total. The summed E-state index contributed by atoms with van der Waals surface area (Å²) >= 11 is 0. The number of nitrogens with one attached hydrogen (secondary N) is 1. The zero-order valence-corrected chi connectivity index (χ0v) is 11.8. The molecule has 0 aliphatic carbocycles. The fraction of sp³-hybridized carbons (Fsp3) is 0.0769. The van der Waals surface area contributed by atoms with Crippen molar-refractivity contribution in [2.75, 3.05) is 4.72 Å². The van der Waals surface area contributed by atoms with E-state index in [-0.39, 0.29) is 16.3 Å². The molecule has 2 aromatic carbocycles. The second-order valence-electron chi connectivity index (χ2n) is 4.36. The van der Waals surface area contributed by atoms with E-state index in [0.717, 1.165) is 6.07 Å². The lowest BCUT2D eigenvalue weighted by Crippen LogP contribution is -2.13. The molecule has 0 aliphatic heterocycles. The minimum Gasteiger partial charge on any atom is -0.508 e. The lowest BCUT2D eigenvalue weighted by atomic mass is 10.2. The summed E-state index contributed by atoms with van der Waals surface area (Å²) in [5.41, 5.74) is 0.517. The summed E-state index contributed by atoms with van der Waals surface area (Å²) < 4.78 is 26.8. The zero-order chi connectivity index (χ0) is 15.6. The van der Waals surface area contributed by atoms with Crippen molar-refractivity contribution in [2.45, 2.75) is 11.8 Å². The summed E-state index contributed by atoms with van der Waals surface area (Å²) in [5.74, 6) is 0.0193. The Morgan fingerprint density at radius 3 is 2.52 bits per heavy atom. The van der Waals surface area contributed by atoms with Gasteiger partial charge in [-0.2, -0.15) is 0 Å². The summed E-state index contributed by atoms with van der Waals surface area (Å²) in [5, 5.41) is 20.0. The smallest absolute Gasteiger partial charge is 0.270 e. The van der Waals surface area contributed by atoms with E-state index in [0.29, 0.717) is 11.3 Å². The average Bonchev–Trinajstić information content (AvgIpc) is 2.42. The highest BCUT2D eigenvalue weighted by Gasteiger charge is 2.18. The van der Waals surface area contributed by atoms with Crippen molar-refractivity contribution in [1.82, 2.24) is 0 Å². The summed E-state index contributed by atoms with van der Waals surface area (Å²) in [6, 6.07) is 8.94. The Labute approximate surface area is 121 Å². The summed E-state index contributed by atoms with van der Waals surface area (Å²) in [6.07, 6.45) is 0. The van der Waals surface area contributed by atoms with Crippen molar-refractivity contribution < 1.29 is 18.4 Å². The molecule has 0 saturated heterocycles. The molecule has 7 nitrogen and oxygen atoms in total. The van der Waals surface area contributed by atoms with Crippen LogP contribution in [-0.2, 0) is 10.0 Å². The van der Waals surface area contributed by atoms with Crippen LogP contribution in [0.1, 0.15) is 5.56 Å². The number of phenolic OH excluding ortho intramolecular Hbond substituents is 1. The van der Waals surface area contributed by atoms with Crippen LogP contribution in [0.3, 0.4) is 0 Å². The maximum absolute atomic E-state index is 12.2. The third kappa shape index (κ3) is 3.29. The first kappa shape index (κ1) is 14.8. The molecular formula is C13H12N2O5S. The molecule has 0 amide bonds. The minimum atomic E-state index is -3.94. The molecule has 2 rings (SSSR count). The molecule has 2 aromatic rings. The van der Waals surface area contributed by atoms with Gasteiger partial charge in [0.15, 0.2) is 0 Å². The van der Waals surface area contributed by atoms with Crippen LogP contribution in [-0.4, -0.2) is 18.4 Å². The van der Waals surface area contributed by atoms with E-state index in [9.17, 15) is 23.6 Å². The van der Waals surface area contributed by atoms with E-state index in [1.54, 1.807) is 6.92 Å². The molecule has 0 aliphatic rings. The number of aryl methyl sites for hydroxylation is 1. The largest absolute Gasteiger partial charge is 0.508 e. The van der Waals surface area contributed by atoms with Crippen molar-refractivity contribution in [2.24, 2.45) is 0 Å². The van der Waals surface area contributed by atoms with E-state index >= 15 is 0 Å². The van der Waals surface area contributed by atoms with Crippen molar-refractivity contribution in [3.63, 3.8) is 0 Å².